The lowest BCUT2D eigenvalue weighted by molar-refractivity contribution is 0.0898. The maximum atomic E-state index is 6.15. The highest BCUT2D eigenvalue weighted by Gasteiger charge is 2.33. The summed E-state index contributed by atoms with van der Waals surface area (Å²) in [5.74, 6) is 0. The molecule has 1 aliphatic heterocycles. The average Bonchev–Trinajstić information content (AvgIpc) is 2.26. The molecule has 0 spiro atoms. The normalized spacial score (nSPS) is 24.8. The Hall–Kier alpha value is -0.930. The maximum absolute atomic E-state index is 6.15. The summed E-state index contributed by atoms with van der Waals surface area (Å²) in [5, 5.41) is 0. The molecule has 1 aliphatic rings. The fourth-order valence-electron chi connectivity index (χ4n) is 2.47. The number of likely N-dealkylation sites (tertiary alicyclic amines) is 1. The van der Waals surface area contributed by atoms with Gasteiger partial charge in [0.2, 0.25) is 0 Å². The summed E-state index contributed by atoms with van der Waals surface area (Å²) in [6.07, 6.45) is 3.07. The first-order valence-corrected chi connectivity index (χ1v) is 6.37. The van der Waals surface area contributed by atoms with E-state index in [-0.39, 0.29) is 5.41 Å². The molecule has 1 aromatic rings. The zero-order valence-electron chi connectivity index (χ0n) is 11.1. The minimum atomic E-state index is 0.219. The van der Waals surface area contributed by atoms with Crippen LogP contribution in [0, 0.1) is 12.3 Å². The van der Waals surface area contributed by atoms with Gasteiger partial charge in [0.25, 0.3) is 0 Å². The molecule has 3 heteroatoms. The van der Waals surface area contributed by atoms with E-state index in [1.54, 1.807) is 0 Å². The molecular formula is C14H23N3. The Morgan fingerprint density at radius 1 is 1.47 bits per heavy atom. The van der Waals surface area contributed by atoms with Crippen LogP contribution in [-0.4, -0.2) is 29.0 Å². The van der Waals surface area contributed by atoms with E-state index in [4.69, 9.17) is 5.73 Å². The molecule has 2 N–H and O–H groups in total. The molecule has 94 valence electrons. The third-order valence-electron chi connectivity index (χ3n) is 3.77. The highest BCUT2D eigenvalue weighted by Crippen LogP contribution is 2.28. The third kappa shape index (κ3) is 3.05. The molecule has 1 unspecified atom stereocenters. The predicted molar refractivity (Wildman–Crippen MR) is 70.6 cm³/mol. The molecule has 3 nitrogen and oxygen atoms in total. The zero-order chi connectivity index (χ0) is 12.5. The van der Waals surface area contributed by atoms with Crippen molar-refractivity contribution in [3.63, 3.8) is 0 Å². The van der Waals surface area contributed by atoms with Crippen LogP contribution in [0.2, 0.25) is 0 Å². The average molecular weight is 233 g/mol. The molecule has 2 heterocycles. The Morgan fingerprint density at radius 3 is 2.82 bits per heavy atom. The van der Waals surface area contributed by atoms with Crippen LogP contribution >= 0.6 is 0 Å². The van der Waals surface area contributed by atoms with Crippen molar-refractivity contribution in [1.29, 1.82) is 0 Å². The summed E-state index contributed by atoms with van der Waals surface area (Å²) < 4.78 is 0. The molecule has 2 rings (SSSR count). The van der Waals surface area contributed by atoms with Crippen LogP contribution in [0.25, 0.3) is 0 Å². The maximum Gasteiger partial charge on any atom is 0.0372 e. The van der Waals surface area contributed by atoms with Crippen LogP contribution in [0.3, 0.4) is 0 Å². The fourth-order valence-corrected chi connectivity index (χ4v) is 2.47. The van der Waals surface area contributed by atoms with E-state index in [2.05, 4.69) is 35.9 Å². The Balaban J connectivity index is 1.98. The lowest BCUT2D eigenvalue weighted by Crippen LogP contribution is -2.52. The second-order valence-electron chi connectivity index (χ2n) is 5.90. The molecule has 1 saturated heterocycles. The Morgan fingerprint density at radius 2 is 2.24 bits per heavy atom. The number of aryl methyl sites for hydroxylation is 1. The monoisotopic (exact) mass is 233 g/mol. The van der Waals surface area contributed by atoms with Crippen molar-refractivity contribution < 1.29 is 0 Å². The van der Waals surface area contributed by atoms with E-state index in [1.165, 1.54) is 5.56 Å². The molecule has 1 fully saturated rings. The van der Waals surface area contributed by atoms with Gasteiger partial charge in [0.05, 0.1) is 0 Å². The molecule has 0 saturated carbocycles. The van der Waals surface area contributed by atoms with Gasteiger partial charge in [0, 0.05) is 37.6 Å². The van der Waals surface area contributed by atoms with Crippen molar-refractivity contribution in [1.82, 2.24) is 9.88 Å². The SMILES string of the molecule is Cc1ccc(CN2CCC(N)C(C)(C)C2)cn1. The number of piperidine rings is 1. The highest BCUT2D eigenvalue weighted by molar-refractivity contribution is 5.13. The summed E-state index contributed by atoms with van der Waals surface area (Å²) >= 11 is 0. The first-order chi connectivity index (χ1) is 7.97. The van der Waals surface area contributed by atoms with E-state index >= 15 is 0 Å². The first kappa shape index (κ1) is 12.5. The number of nitrogens with two attached hydrogens (primary N) is 1. The number of hydrogen-bond acceptors (Lipinski definition) is 3. The van der Waals surface area contributed by atoms with Crippen molar-refractivity contribution in [3.8, 4) is 0 Å². The predicted octanol–water partition coefficient (Wildman–Crippen LogP) is 1.95. The van der Waals surface area contributed by atoms with Gasteiger partial charge in [-0.05, 0) is 30.4 Å². The topological polar surface area (TPSA) is 42.1 Å². The molecule has 0 aliphatic carbocycles. The molecule has 0 aromatic carbocycles. The zero-order valence-corrected chi connectivity index (χ0v) is 11.1. The summed E-state index contributed by atoms with van der Waals surface area (Å²) in [4.78, 5) is 6.83. The van der Waals surface area contributed by atoms with Gasteiger partial charge in [0.1, 0.15) is 0 Å². The van der Waals surface area contributed by atoms with Gasteiger partial charge in [0.15, 0.2) is 0 Å². The highest BCUT2D eigenvalue weighted by atomic mass is 15.1. The minimum absolute atomic E-state index is 0.219. The van der Waals surface area contributed by atoms with Gasteiger partial charge in [-0.3, -0.25) is 9.88 Å². The number of nitrogens with zero attached hydrogens (tertiary/aromatic N) is 2. The van der Waals surface area contributed by atoms with E-state index in [9.17, 15) is 0 Å². The lowest BCUT2D eigenvalue weighted by atomic mass is 9.79. The van der Waals surface area contributed by atoms with Crippen LogP contribution < -0.4 is 5.73 Å². The number of rotatable bonds is 2. The summed E-state index contributed by atoms with van der Waals surface area (Å²) in [6, 6.07) is 4.58. The van der Waals surface area contributed by atoms with Gasteiger partial charge < -0.3 is 5.73 Å². The lowest BCUT2D eigenvalue weighted by Gasteiger charge is -2.42. The van der Waals surface area contributed by atoms with Gasteiger partial charge in [-0.1, -0.05) is 19.9 Å². The third-order valence-corrected chi connectivity index (χ3v) is 3.77. The van der Waals surface area contributed by atoms with Crippen molar-refractivity contribution in [3.05, 3.63) is 29.6 Å². The van der Waals surface area contributed by atoms with E-state index < -0.39 is 0 Å². The van der Waals surface area contributed by atoms with E-state index in [0.29, 0.717) is 6.04 Å². The van der Waals surface area contributed by atoms with Crippen molar-refractivity contribution >= 4 is 0 Å². The number of aromatic nitrogens is 1. The minimum Gasteiger partial charge on any atom is -0.327 e. The summed E-state index contributed by atoms with van der Waals surface area (Å²) in [7, 11) is 0. The summed E-state index contributed by atoms with van der Waals surface area (Å²) in [5.41, 5.74) is 8.74. The quantitative estimate of drug-likeness (QED) is 0.849. The van der Waals surface area contributed by atoms with Gasteiger partial charge in [-0.25, -0.2) is 0 Å². The fraction of sp³-hybridized carbons (Fsp3) is 0.643. The number of hydrogen-bond donors (Lipinski definition) is 1. The Bertz CT molecular complexity index is 370. The largest absolute Gasteiger partial charge is 0.327 e. The molecular weight excluding hydrogens is 210 g/mol. The molecule has 1 aromatic heterocycles. The smallest absolute Gasteiger partial charge is 0.0372 e. The van der Waals surface area contributed by atoms with Crippen molar-refractivity contribution in [2.75, 3.05) is 13.1 Å². The summed E-state index contributed by atoms with van der Waals surface area (Å²) in [6.45, 7) is 9.70. The number of pyridine rings is 1. The van der Waals surface area contributed by atoms with Crippen LogP contribution in [0.15, 0.2) is 18.3 Å². The second-order valence-corrected chi connectivity index (χ2v) is 5.90. The van der Waals surface area contributed by atoms with E-state index in [1.807, 2.05) is 13.1 Å². The van der Waals surface area contributed by atoms with Crippen molar-refractivity contribution in [2.24, 2.45) is 11.1 Å². The Labute approximate surface area is 104 Å². The van der Waals surface area contributed by atoms with E-state index in [0.717, 1.165) is 31.7 Å². The Kier molecular flexibility index (Phi) is 3.50. The standard InChI is InChI=1S/C14H23N3/c1-11-4-5-12(8-16-11)9-17-7-6-13(15)14(2,3)10-17/h4-5,8,13H,6-7,9-10,15H2,1-3H3. The second kappa shape index (κ2) is 4.75. The molecule has 0 amide bonds. The van der Waals surface area contributed by atoms with Gasteiger partial charge in [-0.2, -0.15) is 0 Å². The van der Waals surface area contributed by atoms with Crippen molar-refractivity contribution in [2.45, 2.75) is 39.8 Å². The van der Waals surface area contributed by atoms with Crippen LogP contribution in [-0.2, 0) is 6.54 Å². The molecule has 1 atom stereocenters. The molecule has 0 radical (unpaired) electrons. The molecule has 0 bridgehead atoms. The van der Waals surface area contributed by atoms with Gasteiger partial charge in [-0.15, -0.1) is 0 Å². The van der Waals surface area contributed by atoms with Crippen LogP contribution in [0.4, 0.5) is 0 Å². The molecule has 17 heavy (non-hydrogen) atoms. The van der Waals surface area contributed by atoms with Gasteiger partial charge >= 0.3 is 0 Å². The van der Waals surface area contributed by atoms with Crippen LogP contribution in [0.5, 0.6) is 0 Å². The first-order valence-electron chi connectivity index (χ1n) is 6.37. The van der Waals surface area contributed by atoms with Crippen LogP contribution in [0.1, 0.15) is 31.5 Å².